The highest BCUT2D eigenvalue weighted by Gasteiger charge is 2.17. The summed E-state index contributed by atoms with van der Waals surface area (Å²) in [5.41, 5.74) is -0.423. The first-order valence-corrected chi connectivity index (χ1v) is 5.85. The van der Waals surface area contributed by atoms with Gasteiger partial charge in [0, 0.05) is 6.04 Å². The van der Waals surface area contributed by atoms with E-state index in [1.807, 2.05) is 41.8 Å². The summed E-state index contributed by atoms with van der Waals surface area (Å²) in [7, 11) is 4.10. The van der Waals surface area contributed by atoms with Gasteiger partial charge in [-0.2, -0.15) is 0 Å². The van der Waals surface area contributed by atoms with Crippen LogP contribution in [-0.4, -0.2) is 43.3 Å². The largest absolute Gasteiger partial charge is 0.444 e. The number of nitrogens with one attached hydrogen (secondary N) is 1. The second kappa shape index (κ2) is 6.74. The molecular weight excluding hydrogens is 204 g/mol. The SMILES string of the molecule is C[C@H](CCCN(C)C)NC(=O)OC(C)(C)C. The molecule has 96 valence electrons. The lowest BCUT2D eigenvalue weighted by molar-refractivity contribution is 0.0505. The maximum Gasteiger partial charge on any atom is 0.407 e. The van der Waals surface area contributed by atoms with Gasteiger partial charge < -0.3 is 15.0 Å². The summed E-state index contributed by atoms with van der Waals surface area (Å²) in [4.78, 5) is 13.6. The summed E-state index contributed by atoms with van der Waals surface area (Å²) in [6.07, 6.45) is 1.71. The van der Waals surface area contributed by atoms with E-state index in [9.17, 15) is 4.79 Å². The lowest BCUT2D eigenvalue weighted by atomic mass is 10.2. The number of rotatable bonds is 5. The van der Waals surface area contributed by atoms with Gasteiger partial charge in [0.15, 0.2) is 0 Å². The monoisotopic (exact) mass is 230 g/mol. The molecule has 0 spiro atoms. The van der Waals surface area contributed by atoms with Crippen LogP contribution in [0.4, 0.5) is 4.79 Å². The summed E-state index contributed by atoms with van der Waals surface area (Å²) >= 11 is 0. The molecule has 0 rings (SSSR count). The van der Waals surface area contributed by atoms with Crippen LogP contribution in [0.15, 0.2) is 0 Å². The maximum absolute atomic E-state index is 11.4. The number of carbonyl (C=O) groups excluding carboxylic acids is 1. The van der Waals surface area contributed by atoms with E-state index in [2.05, 4.69) is 10.2 Å². The lowest BCUT2D eigenvalue weighted by Gasteiger charge is -2.22. The summed E-state index contributed by atoms with van der Waals surface area (Å²) in [6.45, 7) is 8.63. The fraction of sp³-hybridized carbons (Fsp3) is 0.917. The number of alkyl carbamates (subject to hydrolysis) is 1. The quantitative estimate of drug-likeness (QED) is 0.787. The van der Waals surface area contributed by atoms with Crippen molar-refractivity contribution in [1.82, 2.24) is 10.2 Å². The zero-order chi connectivity index (χ0) is 12.8. The molecule has 0 radical (unpaired) electrons. The molecule has 1 atom stereocenters. The second-order valence-corrected chi connectivity index (χ2v) is 5.49. The van der Waals surface area contributed by atoms with Crippen LogP contribution in [0.2, 0.25) is 0 Å². The van der Waals surface area contributed by atoms with Crippen molar-refractivity contribution in [2.75, 3.05) is 20.6 Å². The van der Waals surface area contributed by atoms with Gasteiger partial charge in [-0.05, 0) is 61.2 Å². The number of amides is 1. The average Bonchev–Trinajstić information content (AvgIpc) is 1.98. The molecule has 0 bridgehead atoms. The normalized spacial score (nSPS) is 13.7. The minimum atomic E-state index is -0.423. The maximum atomic E-state index is 11.4. The molecule has 4 nitrogen and oxygen atoms in total. The van der Waals surface area contributed by atoms with Crippen LogP contribution in [0.1, 0.15) is 40.5 Å². The van der Waals surface area contributed by atoms with Crippen molar-refractivity contribution in [3.8, 4) is 0 Å². The van der Waals surface area contributed by atoms with E-state index in [4.69, 9.17) is 4.74 Å². The number of carbonyl (C=O) groups is 1. The van der Waals surface area contributed by atoms with Crippen LogP contribution in [0, 0.1) is 0 Å². The second-order valence-electron chi connectivity index (χ2n) is 5.49. The Balaban J connectivity index is 3.70. The Labute approximate surface area is 99.3 Å². The molecule has 16 heavy (non-hydrogen) atoms. The van der Waals surface area contributed by atoms with Crippen LogP contribution < -0.4 is 5.32 Å². The summed E-state index contributed by atoms with van der Waals surface area (Å²) in [6, 6.07) is 0.162. The van der Waals surface area contributed by atoms with Crippen molar-refractivity contribution in [3.63, 3.8) is 0 Å². The number of nitrogens with zero attached hydrogens (tertiary/aromatic N) is 1. The van der Waals surface area contributed by atoms with Crippen LogP contribution in [0.3, 0.4) is 0 Å². The Morgan fingerprint density at radius 1 is 1.38 bits per heavy atom. The molecule has 0 saturated carbocycles. The molecule has 1 N–H and O–H groups in total. The van der Waals surface area contributed by atoms with Gasteiger partial charge in [0.25, 0.3) is 0 Å². The van der Waals surface area contributed by atoms with Crippen molar-refractivity contribution in [3.05, 3.63) is 0 Å². The zero-order valence-electron chi connectivity index (χ0n) is 11.5. The fourth-order valence-corrected chi connectivity index (χ4v) is 1.29. The predicted molar refractivity (Wildman–Crippen MR) is 66.6 cm³/mol. The van der Waals surface area contributed by atoms with E-state index in [0.29, 0.717) is 0 Å². The average molecular weight is 230 g/mol. The molecule has 0 heterocycles. The fourth-order valence-electron chi connectivity index (χ4n) is 1.29. The van der Waals surface area contributed by atoms with Crippen LogP contribution in [-0.2, 0) is 4.74 Å². The highest BCUT2D eigenvalue weighted by molar-refractivity contribution is 5.67. The third-order valence-electron chi connectivity index (χ3n) is 2.01. The molecule has 0 saturated heterocycles. The van der Waals surface area contributed by atoms with E-state index < -0.39 is 5.60 Å². The van der Waals surface area contributed by atoms with Gasteiger partial charge in [-0.1, -0.05) is 0 Å². The standard InChI is InChI=1S/C12H26N2O2/c1-10(8-7-9-14(5)6)13-11(15)16-12(2,3)4/h10H,7-9H2,1-6H3,(H,13,15)/t10-/m1/s1. The minimum absolute atomic E-state index is 0.162. The Kier molecular flexibility index (Phi) is 6.41. The summed E-state index contributed by atoms with van der Waals surface area (Å²) in [5, 5.41) is 2.83. The third kappa shape index (κ3) is 9.77. The first-order chi connectivity index (χ1) is 7.20. The van der Waals surface area contributed by atoms with Crippen molar-refractivity contribution in [1.29, 1.82) is 0 Å². The molecule has 4 heteroatoms. The van der Waals surface area contributed by atoms with E-state index in [0.717, 1.165) is 19.4 Å². The van der Waals surface area contributed by atoms with Crippen molar-refractivity contribution in [2.45, 2.75) is 52.2 Å². The number of hydrogen-bond donors (Lipinski definition) is 1. The van der Waals surface area contributed by atoms with Gasteiger partial charge in [0.1, 0.15) is 5.60 Å². The molecule has 0 aliphatic heterocycles. The zero-order valence-corrected chi connectivity index (χ0v) is 11.5. The first kappa shape index (κ1) is 15.2. The van der Waals surface area contributed by atoms with Gasteiger partial charge in [-0.15, -0.1) is 0 Å². The van der Waals surface area contributed by atoms with Crippen molar-refractivity contribution in [2.24, 2.45) is 0 Å². The summed E-state index contributed by atoms with van der Waals surface area (Å²) < 4.78 is 5.18. The molecule has 1 amide bonds. The molecule has 0 fully saturated rings. The van der Waals surface area contributed by atoms with E-state index in [-0.39, 0.29) is 12.1 Å². The third-order valence-corrected chi connectivity index (χ3v) is 2.01. The highest BCUT2D eigenvalue weighted by atomic mass is 16.6. The molecule has 0 aromatic rings. The number of ether oxygens (including phenoxy) is 1. The first-order valence-electron chi connectivity index (χ1n) is 5.85. The van der Waals surface area contributed by atoms with Crippen LogP contribution >= 0.6 is 0 Å². The van der Waals surface area contributed by atoms with Gasteiger partial charge >= 0.3 is 6.09 Å². The predicted octanol–water partition coefficient (Wildman–Crippen LogP) is 2.24. The smallest absolute Gasteiger partial charge is 0.407 e. The van der Waals surface area contributed by atoms with Gasteiger partial charge in [0.05, 0.1) is 0 Å². The molecule has 0 aliphatic rings. The van der Waals surface area contributed by atoms with Gasteiger partial charge in [-0.3, -0.25) is 0 Å². The van der Waals surface area contributed by atoms with E-state index >= 15 is 0 Å². The lowest BCUT2D eigenvalue weighted by Crippen LogP contribution is -2.37. The molecule has 0 unspecified atom stereocenters. The van der Waals surface area contributed by atoms with Crippen molar-refractivity contribution < 1.29 is 9.53 Å². The van der Waals surface area contributed by atoms with Crippen molar-refractivity contribution >= 4 is 6.09 Å². The van der Waals surface area contributed by atoms with Gasteiger partial charge in [-0.25, -0.2) is 4.79 Å². The Morgan fingerprint density at radius 2 is 1.94 bits per heavy atom. The van der Waals surface area contributed by atoms with Gasteiger partial charge in [0.2, 0.25) is 0 Å². The van der Waals surface area contributed by atoms with E-state index in [1.165, 1.54) is 0 Å². The number of hydrogen-bond acceptors (Lipinski definition) is 3. The van der Waals surface area contributed by atoms with Crippen LogP contribution in [0.5, 0.6) is 0 Å². The van der Waals surface area contributed by atoms with E-state index in [1.54, 1.807) is 0 Å². The Bertz CT molecular complexity index is 210. The Hall–Kier alpha value is -0.770. The molecular formula is C12H26N2O2. The summed E-state index contributed by atoms with van der Waals surface area (Å²) in [5.74, 6) is 0. The highest BCUT2D eigenvalue weighted by Crippen LogP contribution is 2.07. The topological polar surface area (TPSA) is 41.6 Å². The Morgan fingerprint density at radius 3 is 2.38 bits per heavy atom. The molecule has 0 aliphatic carbocycles. The molecule has 0 aromatic carbocycles. The van der Waals surface area contributed by atoms with Crippen LogP contribution in [0.25, 0.3) is 0 Å². The molecule has 0 aromatic heterocycles. The minimum Gasteiger partial charge on any atom is -0.444 e.